The summed E-state index contributed by atoms with van der Waals surface area (Å²) in [4.78, 5) is 27.5. The molecule has 10 heteroatoms. The predicted molar refractivity (Wildman–Crippen MR) is 147 cm³/mol. The first-order valence-corrected chi connectivity index (χ1v) is 14.5. The van der Waals surface area contributed by atoms with E-state index in [1.165, 1.54) is 9.21 Å². The van der Waals surface area contributed by atoms with Crippen LogP contribution in [0.5, 0.6) is 0 Å². The molecule has 0 aliphatic rings. The molecule has 1 N–H and O–H groups in total. The Kier molecular flexibility index (Phi) is 11.1. The Hall–Kier alpha value is -2.29. The van der Waals surface area contributed by atoms with Gasteiger partial charge in [-0.15, -0.1) is 0 Å². The van der Waals surface area contributed by atoms with Crippen molar-refractivity contribution in [2.24, 2.45) is 0 Å². The fourth-order valence-electron chi connectivity index (χ4n) is 3.82. The van der Waals surface area contributed by atoms with Crippen molar-refractivity contribution in [3.8, 4) is 0 Å². The smallest absolute Gasteiger partial charge is 0.242 e. The molecule has 2 rings (SSSR count). The summed E-state index contributed by atoms with van der Waals surface area (Å²) in [6.07, 6.45) is 2.24. The molecule has 0 aromatic heterocycles. The zero-order valence-corrected chi connectivity index (χ0v) is 23.8. The predicted octanol–water partition coefficient (Wildman–Crippen LogP) is 5.10. The first-order valence-electron chi connectivity index (χ1n) is 11.9. The molecule has 0 spiro atoms. The highest BCUT2D eigenvalue weighted by Crippen LogP contribution is 2.28. The number of hydrogen-bond donors (Lipinski definition) is 1. The minimum atomic E-state index is -3.57. The number of hydrogen-bond acceptors (Lipinski definition) is 4. The van der Waals surface area contributed by atoms with Gasteiger partial charge in [0.25, 0.3) is 0 Å². The highest BCUT2D eigenvalue weighted by Gasteiger charge is 2.28. The van der Waals surface area contributed by atoms with Gasteiger partial charge < -0.3 is 10.2 Å². The van der Waals surface area contributed by atoms with E-state index in [1.807, 2.05) is 32.9 Å². The van der Waals surface area contributed by atoms with Crippen LogP contribution in [-0.2, 0) is 26.2 Å². The van der Waals surface area contributed by atoms with Crippen LogP contribution in [0.1, 0.15) is 49.8 Å². The highest BCUT2D eigenvalue weighted by molar-refractivity contribution is 7.92. The van der Waals surface area contributed by atoms with Crippen LogP contribution in [0.3, 0.4) is 0 Å². The molecule has 0 heterocycles. The van der Waals surface area contributed by atoms with E-state index in [2.05, 4.69) is 5.32 Å². The molecule has 0 bridgehead atoms. The van der Waals surface area contributed by atoms with E-state index in [1.54, 1.807) is 31.2 Å². The second-order valence-electron chi connectivity index (χ2n) is 8.85. The summed E-state index contributed by atoms with van der Waals surface area (Å²) in [7, 11) is -3.57. The topological polar surface area (TPSA) is 86.8 Å². The second-order valence-corrected chi connectivity index (χ2v) is 11.6. The van der Waals surface area contributed by atoms with E-state index < -0.39 is 16.1 Å². The lowest BCUT2D eigenvalue weighted by atomic mass is 10.1. The molecule has 0 aliphatic carbocycles. The molecule has 0 unspecified atom stereocenters. The number of rotatable bonds is 12. The maximum atomic E-state index is 13.4. The summed E-state index contributed by atoms with van der Waals surface area (Å²) < 4.78 is 26.5. The summed E-state index contributed by atoms with van der Waals surface area (Å²) in [5.74, 6) is -0.568. The molecule has 0 saturated heterocycles. The average Bonchev–Trinajstić information content (AvgIpc) is 2.81. The van der Waals surface area contributed by atoms with Gasteiger partial charge in [-0.2, -0.15) is 0 Å². The van der Waals surface area contributed by atoms with Crippen molar-refractivity contribution in [1.82, 2.24) is 10.2 Å². The Morgan fingerprint density at radius 2 is 1.67 bits per heavy atom. The van der Waals surface area contributed by atoms with Gasteiger partial charge in [-0.1, -0.05) is 48.3 Å². The Labute approximate surface area is 224 Å². The number of aryl methyl sites for hydroxylation is 1. The van der Waals surface area contributed by atoms with Gasteiger partial charge in [-0.05, 0) is 62.9 Å². The Balaban J connectivity index is 2.24. The number of carbonyl (C=O) groups is 2. The molecule has 0 radical (unpaired) electrons. The quantitative estimate of drug-likeness (QED) is 0.394. The number of carbonyl (C=O) groups excluding carboxylic acids is 2. The summed E-state index contributed by atoms with van der Waals surface area (Å²) >= 11 is 12.7. The van der Waals surface area contributed by atoms with Crippen molar-refractivity contribution in [1.29, 1.82) is 0 Å². The van der Waals surface area contributed by atoms with Gasteiger partial charge in [0.1, 0.15) is 6.04 Å². The number of sulfonamides is 1. The lowest BCUT2D eigenvalue weighted by molar-refractivity contribution is -0.140. The van der Waals surface area contributed by atoms with Gasteiger partial charge in [0.15, 0.2) is 0 Å². The average molecular weight is 557 g/mol. The van der Waals surface area contributed by atoms with Crippen LogP contribution >= 0.6 is 23.2 Å². The SMILES string of the molecule is CCCNC(=O)[C@@H](C)N(Cc1c(Cl)cccc1Cl)C(=O)CCCN(c1cccc(C)c1C)S(C)(=O)=O. The van der Waals surface area contributed by atoms with Crippen molar-refractivity contribution in [2.45, 2.75) is 59.5 Å². The molecule has 36 heavy (non-hydrogen) atoms. The number of nitrogens with zero attached hydrogens (tertiary/aromatic N) is 2. The van der Waals surface area contributed by atoms with Crippen molar-refractivity contribution in [3.05, 3.63) is 63.1 Å². The van der Waals surface area contributed by atoms with Crippen LogP contribution in [0.4, 0.5) is 5.69 Å². The van der Waals surface area contributed by atoms with E-state index >= 15 is 0 Å². The number of amides is 2. The first-order chi connectivity index (χ1) is 16.9. The zero-order valence-electron chi connectivity index (χ0n) is 21.5. The first kappa shape index (κ1) is 29.9. The molecular formula is C26H35Cl2N3O4S. The maximum Gasteiger partial charge on any atom is 0.242 e. The number of benzene rings is 2. The van der Waals surface area contributed by atoms with Crippen LogP contribution in [-0.4, -0.2) is 50.5 Å². The van der Waals surface area contributed by atoms with E-state index in [4.69, 9.17) is 23.2 Å². The molecule has 2 aromatic carbocycles. The zero-order chi connectivity index (χ0) is 27.0. The standard InChI is InChI=1S/C26H35Cl2N3O4S/c1-6-15-29-26(33)20(4)30(17-21-22(27)11-8-12-23(21)28)25(32)14-9-16-31(36(5,34)35)24-13-7-10-18(2)19(24)3/h7-8,10-13,20H,6,9,14-17H2,1-5H3,(H,29,33)/t20-/m1/s1. The molecule has 198 valence electrons. The lowest BCUT2D eigenvalue weighted by Crippen LogP contribution is -2.48. The molecular weight excluding hydrogens is 521 g/mol. The minimum absolute atomic E-state index is 0.0460. The molecule has 2 aromatic rings. The van der Waals surface area contributed by atoms with Gasteiger partial charge in [0, 0.05) is 41.7 Å². The fourth-order valence-corrected chi connectivity index (χ4v) is 5.35. The third kappa shape index (κ3) is 7.85. The van der Waals surface area contributed by atoms with Gasteiger partial charge in [0.2, 0.25) is 21.8 Å². The van der Waals surface area contributed by atoms with Crippen LogP contribution in [0.25, 0.3) is 0 Å². The number of halogens is 2. The Morgan fingerprint density at radius 3 is 2.25 bits per heavy atom. The fraction of sp³-hybridized carbons (Fsp3) is 0.462. The van der Waals surface area contributed by atoms with Crippen LogP contribution in [0.15, 0.2) is 36.4 Å². The number of nitrogens with one attached hydrogen (secondary N) is 1. The molecule has 1 atom stereocenters. The van der Waals surface area contributed by atoms with E-state index in [-0.39, 0.29) is 37.7 Å². The van der Waals surface area contributed by atoms with Crippen LogP contribution in [0, 0.1) is 13.8 Å². The molecule has 7 nitrogen and oxygen atoms in total. The lowest BCUT2D eigenvalue weighted by Gasteiger charge is -2.30. The Bertz CT molecular complexity index is 1170. The molecule has 0 aliphatic heterocycles. The normalized spacial score (nSPS) is 12.2. The van der Waals surface area contributed by atoms with Gasteiger partial charge in [-0.3, -0.25) is 13.9 Å². The second kappa shape index (κ2) is 13.3. The van der Waals surface area contributed by atoms with Gasteiger partial charge in [0.05, 0.1) is 11.9 Å². The van der Waals surface area contributed by atoms with Crippen LogP contribution < -0.4 is 9.62 Å². The highest BCUT2D eigenvalue weighted by atomic mass is 35.5. The molecule has 2 amide bonds. The Morgan fingerprint density at radius 1 is 1.06 bits per heavy atom. The van der Waals surface area contributed by atoms with E-state index in [0.717, 1.165) is 23.8 Å². The molecule has 0 saturated carbocycles. The van der Waals surface area contributed by atoms with Crippen molar-refractivity contribution in [2.75, 3.05) is 23.7 Å². The maximum absolute atomic E-state index is 13.4. The third-order valence-corrected chi connectivity index (χ3v) is 7.99. The summed E-state index contributed by atoms with van der Waals surface area (Å²) in [6, 6.07) is 9.81. The summed E-state index contributed by atoms with van der Waals surface area (Å²) in [5.41, 5.74) is 2.99. The van der Waals surface area contributed by atoms with Crippen molar-refractivity contribution < 1.29 is 18.0 Å². The van der Waals surface area contributed by atoms with Crippen molar-refractivity contribution >= 4 is 50.7 Å². The van der Waals surface area contributed by atoms with Crippen LogP contribution in [0.2, 0.25) is 10.0 Å². The molecule has 0 fully saturated rings. The monoisotopic (exact) mass is 555 g/mol. The number of anilines is 1. The van der Waals surface area contributed by atoms with E-state index in [0.29, 0.717) is 27.8 Å². The van der Waals surface area contributed by atoms with Gasteiger partial charge in [-0.25, -0.2) is 8.42 Å². The van der Waals surface area contributed by atoms with Gasteiger partial charge >= 0.3 is 0 Å². The van der Waals surface area contributed by atoms with Crippen molar-refractivity contribution in [3.63, 3.8) is 0 Å². The minimum Gasteiger partial charge on any atom is -0.354 e. The third-order valence-electron chi connectivity index (χ3n) is 6.10. The summed E-state index contributed by atoms with van der Waals surface area (Å²) in [6.45, 7) is 8.09. The summed E-state index contributed by atoms with van der Waals surface area (Å²) in [5, 5.41) is 3.63. The largest absolute Gasteiger partial charge is 0.354 e. The van der Waals surface area contributed by atoms with E-state index in [9.17, 15) is 18.0 Å².